The summed E-state index contributed by atoms with van der Waals surface area (Å²) in [5.74, 6) is 0.753. The lowest BCUT2D eigenvalue weighted by Crippen LogP contribution is -2.45. The van der Waals surface area contributed by atoms with Crippen molar-refractivity contribution in [2.75, 3.05) is 13.2 Å². The first-order chi connectivity index (χ1) is 10.4. The third-order valence-electron chi connectivity index (χ3n) is 3.16. The Balaban J connectivity index is 2.47. The van der Waals surface area contributed by atoms with Crippen molar-refractivity contribution < 1.29 is 9.53 Å². The Morgan fingerprint density at radius 1 is 1.14 bits per heavy atom. The van der Waals surface area contributed by atoms with Crippen LogP contribution in [0.5, 0.6) is 0 Å². The highest BCUT2D eigenvalue weighted by Gasteiger charge is 2.20. The predicted molar refractivity (Wildman–Crippen MR) is 88.6 cm³/mol. The maximum absolute atomic E-state index is 12.1. The summed E-state index contributed by atoms with van der Waals surface area (Å²) in [6, 6.07) is 5.40. The molecule has 0 radical (unpaired) electrons. The first-order valence-corrected chi connectivity index (χ1v) is 7.95. The lowest BCUT2D eigenvalue weighted by atomic mass is 10.0. The van der Waals surface area contributed by atoms with Gasteiger partial charge < -0.3 is 15.4 Å². The summed E-state index contributed by atoms with van der Waals surface area (Å²) in [5, 5.41) is 5.90. The monoisotopic (exact) mass is 307 g/mol. The van der Waals surface area contributed by atoms with Gasteiger partial charge in [-0.3, -0.25) is 4.98 Å². The summed E-state index contributed by atoms with van der Waals surface area (Å²) >= 11 is 0. The average molecular weight is 307 g/mol. The molecule has 0 bridgehead atoms. The van der Waals surface area contributed by atoms with Crippen molar-refractivity contribution in [1.29, 1.82) is 0 Å². The van der Waals surface area contributed by atoms with Crippen molar-refractivity contribution in [3.8, 4) is 0 Å². The largest absolute Gasteiger partial charge is 0.379 e. The number of pyridine rings is 1. The van der Waals surface area contributed by atoms with Gasteiger partial charge in [0.1, 0.15) is 0 Å². The molecule has 0 aliphatic rings. The van der Waals surface area contributed by atoms with E-state index in [0.29, 0.717) is 19.1 Å². The Hall–Kier alpha value is -1.62. The summed E-state index contributed by atoms with van der Waals surface area (Å²) in [6.45, 7) is 11.5. The van der Waals surface area contributed by atoms with E-state index in [0.717, 1.165) is 5.69 Å². The fourth-order valence-corrected chi connectivity index (χ4v) is 2.07. The van der Waals surface area contributed by atoms with Crippen LogP contribution < -0.4 is 10.6 Å². The van der Waals surface area contributed by atoms with Gasteiger partial charge in [0.05, 0.1) is 24.4 Å². The van der Waals surface area contributed by atoms with Gasteiger partial charge in [-0.2, -0.15) is 0 Å². The summed E-state index contributed by atoms with van der Waals surface area (Å²) in [7, 11) is 0. The molecule has 0 fully saturated rings. The van der Waals surface area contributed by atoms with Crippen molar-refractivity contribution in [2.24, 2.45) is 11.8 Å². The molecule has 0 aliphatic heterocycles. The second kappa shape index (κ2) is 9.41. The lowest BCUT2D eigenvalue weighted by Gasteiger charge is -2.23. The fraction of sp³-hybridized carbons (Fsp3) is 0.647. The predicted octanol–water partition coefficient (Wildman–Crippen LogP) is 3.14. The molecule has 0 aromatic carbocycles. The Bertz CT molecular complexity index is 435. The zero-order valence-electron chi connectivity index (χ0n) is 14.3. The topological polar surface area (TPSA) is 63.2 Å². The molecule has 2 atom stereocenters. The third-order valence-corrected chi connectivity index (χ3v) is 3.16. The van der Waals surface area contributed by atoms with Crippen LogP contribution >= 0.6 is 0 Å². The van der Waals surface area contributed by atoms with E-state index in [9.17, 15) is 4.79 Å². The van der Waals surface area contributed by atoms with Crippen LogP contribution in [0.25, 0.3) is 0 Å². The highest BCUT2D eigenvalue weighted by molar-refractivity contribution is 5.74. The van der Waals surface area contributed by atoms with Crippen molar-refractivity contribution in [1.82, 2.24) is 15.6 Å². The van der Waals surface area contributed by atoms with Gasteiger partial charge >= 0.3 is 6.03 Å². The van der Waals surface area contributed by atoms with E-state index in [1.807, 2.05) is 25.1 Å². The molecule has 0 spiro atoms. The first-order valence-electron chi connectivity index (χ1n) is 7.95. The number of nitrogens with zero attached hydrogens (tertiary/aromatic N) is 1. The number of carbonyl (C=O) groups excluding carboxylic acids is 1. The molecule has 2 amide bonds. The smallest absolute Gasteiger partial charge is 0.315 e. The van der Waals surface area contributed by atoms with Crippen LogP contribution in [0.2, 0.25) is 0 Å². The molecule has 22 heavy (non-hydrogen) atoms. The van der Waals surface area contributed by atoms with E-state index in [4.69, 9.17) is 4.74 Å². The quantitative estimate of drug-likeness (QED) is 0.775. The number of carbonyl (C=O) groups is 1. The van der Waals surface area contributed by atoms with Gasteiger partial charge in [0.2, 0.25) is 0 Å². The Morgan fingerprint density at radius 2 is 1.86 bits per heavy atom. The van der Waals surface area contributed by atoms with Gasteiger partial charge in [0, 0.05) is 12.8 Å². The van der Waals surface area contributed by atoms with E-state index in [-0.39, 0.29) is 24.0 Å². The van der Waals surface area contributed by atoms with Crippen LogP contribution in [-0.2, 0) is 4.74 Å². The van der Waals surface area contributed by atoms with Crippen LogP contribution in [-0.4, -0.2) is 30.3 Å². The summed E-state index contributed by atoms with van der Waals surface area (Å²) in [5.41, 5.74) is 0.872. The average Bonchev–Trinajstić information content (AvgIpc) is 2.45. The number of aromatic nitrogens is 1. The summed E-state index contributed by atoms with van der Waals surface area (Å²) in [4.78, 5) is 16.5. The van der Waals surface area contributed by atoms with Crippen molar-refractivity contribution in [3.63, 3.8) is 0 Å². The number of amides is 2. The molecule has 0 aliphatic carbocycles. The maximum atomic E-state index is 12.1. The van der Waals surface area contributed by atoms with Crippen LogP contribution in [0, 0.1) is 11.8 Å². The molecule has 2 N–H and O–H groups in total. The highest BCUT2D eigenvalue weighted by atomic mass is 16.5. The molecule has 1 aromatic heterocycles. The molecule has 0 saturated carbocycles. The van der Waals surface area contributed by atoms with Crippen LogP contribution in [0.3, 0.4) is 0 Å². The maximum Gasteiger partial charge on any atom is 0.315 e. The molecule has 5 nitrogen and oxygen atoms in total. The summed E-state index contributed by atoms with van der Waals surface area (Å²) < 4.78 is 5.54. The molecule has 0 saturated heterocycles. The minimum atomic E-state index is -0.190. The van der Waals surface area contributed by atoms with Gasteiger partial charge in [0.25, 0.3) is 0 Å². The van der Waals surface area contributed by atoms with Crippen molar-refractivity contribution in [2.45, 2.75) is 46.7 Å². The standard InChI is InChI=1S/C17H29N3O2/c1-12(2)10-22-11-14(5)19-17(21)20-16(13(3)4)15-8-6-7-9-18-15/h6-9,12-14,16H,10-11H2,1-5H3,(H2,19,20,21). The summed E-state index contributed by atoms with van der Waals surface area (Å²) in [6.07, 6.45) is 1.74. The molecular weight excluding hydrogens is 278 g/mol. The number of urea groups is 1. The molecule has 5 heteroatoms. The highest BCUT2D eigenvalue weighted by Crippen LogP contribution is 2.19. The van der Waals surface area contributed by atoms with Gasteiger partial charge in [-0.25, -0.2) is 4.79 Å². The second-order valence-corrected chi connectivity index (χ2v) is 6.43. The van der Waals surface area contributed by atoms with Crippen LogP contribution in [0.15, 0.2) is 24.4 Å². The molecular formula is C17H29N3O2. The van der Waals surface area contributed by atoms with Gasteiger partial charge in [-0.15, -0.1) is 0 Å². The van der Waals surface area contributed by atoms with Gasteiger partial charge in [-0.05, 0) is 30.9 Å². The molecule has 1 aromatic rings. The Kier molecular flexibility index (Phi) is 7.88. The van der Waals surface area contributed by atoms with E-state index in [1.165, 1.54) is 0 Å². The van der Waals surface area contributed by atoms with Crippen LogP contribution in [0.1, 0.15) is 46.4 Å². The van der Waals surface area contributed by atoms with E-state index in [1.54, 1.807) is 6.20 Å². The Morgan fingerprint density at radius 3 is 2.41 bits per heavy atom. The number of hydrogen-bond donors (Lipinski definition) is 2. The van der Waals surface area contributed by atoms with Crippen molar-refractivity contribution >= 4 is 6.03 Å². The van der Waals surface area contributed by atoms with E-state index >= 15 is 0 Å². The van der Waals surface area contributed by atoms with E-state index < -0.39 is 0 Å². The number of hydrogen-bond acceptors (Lipinski definition) is 3. The zero-order valence-corrected chi connectivity index (χ0v) is 14.3. The fourth-order valence-electron chi connectivity index (χ4n) is 2.07. The lowest BCUT2D eigenvalue weighted by molar-refractivity contribution is 0.0951. The van der Waals surface area contributed by atoms with Gasteiger partial charge in [0.15, 0.2) is 0 Å². The van der Waals surface area contributed by atoms with Gasteiger partial charge in [-0.1, -0.05) is 33.8 Å². The number of nitrogens with one attached hydrogen (secondary N) is 2. The van der Waals surface area contributed by atoms with Crippen LogP contribution in [0.4, 0.5) is 4.79 Å². The molecule has 124 valence electrons. The Labute approximate surface area is 133 Å². The molecule has 1 heterocycles. The third kappa shape index (κ3) is 6.89. The molecule has 1 rings (SSSR count). The normalized spacial score (nSPS) is 14.0. The zero-order chi connectivity index (χ0) is 16.5. The minimum absolute atomic E-state index is 0.0321. The SMILES string of the molecule is CC(C)COCC(C)NC(=O)NC(c1ccccn1)C(C)C. The number of ether oxygens (including phenoxy) is 1. The number of rotatable bonds is 8. The molecule has 2 unspecified atom stereocenters. The van der Waals surface area contributed by atoms with E-state index in [2.05, 4.69) is 43.3 Å². The first kappa shape index (κ1) is 18.4. The minimum Gasteiger partial charge on any atom is -0.379 e. The van der Waals surface area contributed by atoms with Crippen molar-refractivity contribution in [3.05, 3.63) is 30.1 Å². The second-order valence-electron chi connectivity index (χ2n) is 6.43.